The Morgan fingerprint density at radius 1 is 1.33 bits per heavy atom. The number of alkyl halides is 2. The lowest BCUT2D eigenvalue weighted by Crippen LogP contribution is -2.43. The summed E-state index contributed by atoms with van der Waals surface area (Å²) in [5.41, 5.74) is -0.534. The summed E-state index contributed by atoms with van der Waals surface area (Å²) in [6, 6.07) is 5.76. The van der Waals surface area contributed by atoms with Gasteiger partial charge in [0.25, 0.3) is 0 Å². The largest absolute Gasteiger partial charge is 0.481 e. The summed E-state index contributed by atoms with van der Waals surface area (Å²) in [6.07, 6.45) is 2.13. The molecule has 0 radical (unpaired) electrons. The number of amides is 1. The molecule has 1 aliphatic carbocycles. The maximum absolute atomic E-state index is 12.5. The predicted molar refractivity (Wildman–Crippen MR) is 82.8 cm³/mol. The third kappa shape index (κ3) is 4.01. The van der Waals surface area contributed by atoms with Crippen LogP contribution in [-0.4, -0.2) is 23.6 Å². The summed E-state index contributed by atoms with van der Waals surface area (Å²) in [5.74, 6) is -1.34. The van der Waals surface area contributed by atoms with Gasteiger partial charge in [0.1, 0.15) is 5.75 Å². The third-order valence-electron chi connectivity index (χ3n) is 4.52. The maximum Gasteiger partial charge on any atom is 0.387 e. The maximum atomic E-state index is 12.5. The van der Waals surface area contributed by atoms with Crippen molar-refractivity contribution in [3.8, 4) is 5.75 Å². The minimum atomic E-state index is -2.95. The van der Waals surface area contributed by atoms with Crippen molar-refractivity contribution in [2.24, 2.45) is 5.41 Å². The van der Waals surface area contributed by atoms with Gasteiger partial charge >= 0.3 is 12.6 Å². The Kier molecular flexibility index (Phi) is 5.75. The molecule has 1 amide bonds. The van der Waals surface area contributed by atoms with E-state index in [-0.39, 0.29) is 12.2 Å². The molecule has 24 heavy (non-hydrogen) atoms. The van der Waals surface area contributed by atoms with E-state index in [1.54, 1.807) is 25.1 Å². The molecule has 0 aliphatic heterocycles. The van der Waals surface area contributed by atoms with E-state index >= 15 is 0 Å². The molecule has 0 saturated heterocycles. The second kappa shape index (κ2) is 7.59. The van der Waals surface area contributed by atoms with Crippen molar-refractivity contribution in [2.45, 2.75) is 51.7 Å². The first-order valence-corrected chi connectivity index (χ1v) is 7.94. The van der Waals surface area contributed by atoms with Crippen molar-refractivity contribution in [3.63, 3.8) is 0 Å². The number of carbonyl (C=O) groups is 2. The molecular weight excluding hydrogens is 320 g/mol. The monoisotopic (exact) mass is 341 g/mol. The molecule has 1 unspecified atom stereocenters. The SMILES string of the molecule is CCC(NC(=O)CC1(C(=O)O)CCC1)c1ccccc1OC(F)F. The molecule has 1 aromatic carbocycles. The summed E-state index contributed by atoms with van der Waals surface area (Å²) in [4.78, 5) is 23.6. The number of nitrogens with one attached hydrogen (secondary N) is 1. The van der Waals surface area contributed by atoms with Gasteiger partial charge in [0, 0.05) is 12.0 Å². The summed E-state index contributed by atoms with van der Waals surface area (Å²) >= 11 is 0. The van der Waals surface area contributed by atoms with E-state index in [4.69, 9.17) is 0 Å². The first-order valence-electron chi connectivity index (χ1n) is 7.94. The molecule has 2 rings (SSSR count). The number of hydrogen-bond acceptors (Lipinski definition) is 3. The number of hydrogen-bond donors (Lipinski definition) is 2. The highest BCUT2D eigenvalue weighted by Crippen LogP contribution is 2.44. The summed E-state index contributed by atoms with van der Waals surface area (Å²) in [5, 5.41) is 12.0. The number of rotatable bonds is 8. The van der Waals surface area contributed by atoms with Crippen LogP contribution in [0, 0.1) is 5.41 Å². The quantitative estimate of drug-likeness (QED) is 0.759. The molecule has 1 atom stereocenters. The number of ether oxygens (including phenoxy) is 1. The molecular formula is C17H21F2NO4. The first-order chi connectivity index (χ1) is 11.4. The van der Waals surface area contributed by atoms with E-state index < -0.39 is 29.9 Å². The fourth-order valence-corrected chi connectivity index (χ4v) is 2.99. The number of benzene rings is 1. The highest BCUT2D eigenvalue weighted by atomic mass is 19.3. The molecule has 2 N–H and O–H groups in total. The molecule has 1 fully saturated rings. The Balaban J connectivity index is 2.09. The average Bonchev–Trinajstić information content (AvgIpc) is 2.48. The topological polar surface area (TPSA) is 75.6 Å². The number of halogens is 2. The Labute approximate surface area is 139 Å². The van der Waals surface area contributed by atoms with Crippen molar-refractivity contribution in [1.29, 1.82) is 0 Å². The second-order valence-corrected chi connectivity index (χ2v) is 6.06. The molecule has 0 heterocycles. The standard InChI is InChI=1S/C17H21F2NO4/c1-2-12(11-6-3-4-7-13(11)24-16(18)19)20-14(21)10-17(15(22)23)8-5-9-17/h3-4,6-7,12,16H,2,5,8-10H2,1H3,(H,20,21)(H,22,23). The molecule has 1 aromatic rings. The Bertz CT molecular complexity index is 602. The number of carboxylic acid groups (broad SMARTS) is 1. The van der Waals surface area contributed by atoms with Crippen LogP contribution in [0.25, 0.3) is 0 Å². The van der Waals surface area contributed by atoms with E-state index in [0.717, 1.165) is 6.42 Å². The number of para-hydroxylation sites is 1. The molecule has 1 aliphatic rings. The zero-order valence-electron chi connectivity index (χ0n) is 13.4. The smallest absolute Gasteiger partial charge is 0.387 e. The van der Waals surface area contributed by atoms with Gasteiger partial charge in [0.2, 0.25) is 5.91 Å². The van der Waals surface area contributed by atoms with E-state index in [2.05, 4.69) is 10.1 Å². The van der Waals surface area contributed by atoms with Crippen LogP contribution in [0.5, 0.6) is 5.75 Å². The van der Waals surface area contributed by atoms with Crippen LogP contribution in [-0.2, 0) is 9.59 Å². The van der Waals surface area contributed by atoms with Gasteiger partial charge in [0.15, 0.2) is 0 Å². The summed E-state index contributed by atoms with van der Waals surface area (Å²) in [7, 11) is 0. The highest BCUT2D eigenvalue weighted by molar-refractivity contribution is 5.85. The number of aliphatic carboxylic acids is 1. The summed E-state index contributed by atoms with van der Waals surface area (Å²) < 4.78 is 29.5. The fraction of sp³-hybridized carbons (Fsp3) is 0.529. The van der Waals surface area contributed by atoms with Crippen molar-refractivity contribution in [1.82, 2.24) is 5.32 Å². The molecule has 132 valence electrons. The Hall–Kier alpha value is -2.18. The molecule has 0 spiro atoms. The van der Waals surface area contributed by atoms with Crippen LogP contribution >= 0.6 is 0 Å². The average molecular weight is 341 g/mol. The van der Waals surface area contributed by atoms with Gasteiger partial charge in [-0.1, -0.05) is 31.5 Å². The van der Waals surface area contributed by atoms with Crippen LogP contribution in [0.2, 0.25) is 0 Å². The van der Waals surface area contributed by atoms with Gasteiger partial charge in [-0.25, -0.2) is 0 Å². The van der Waals surface area contributed by atoms with Gasteiger partial charge in [-0.3, -0.25) is 9.59 Å². The van der Waals surface area contributed by atoms with E-state index in [0.29, 0.717) is 24.8 Å². The number of carbonyl (C=O) groups excluding carboxylic acids is 1. The minimum Gasteiger partial charge on any atom is -0.481 e. The highest BCUT2D eigenvalue weighted by Gasteiger charge is 2.46. The van der Waals surface area contributed by atoms with Crippen molar-refractivity contribution < 1.29 is 28.2 Å². The van der Waals surface area contributed by atoms with Gasteiger partial charge in [-0.05, 0) is 25.3 Å². The van der Waals surface area contributed by atoms with Crippen molar-refractivity contribution in [3.05, 3.63) is 29.8 Å². The van der Waals surface area contributed by atoms with Crippen LogP contribution in [0.3, 0.4) is 0 Å². The lowest BCUT2D eigenvalue weighted by molar-refractivity contribution is -0.157. The Morgan fingerprint density at radius 3 is 2.50 bits per heavy atom. The molecule has 0 aromatic heterocycles. The number of carboxylic acids is 1. The van der Waals surface area contributed by atoms with Crippen LogP contribution in [0.4, 0.5) is 8.78 Å². The second-order valence-electron chi connectivity index (χ2n) is 6.06. The van der Waals surface area contributed by atoms with E-state index in [1.807, 2.05) is 0 Å². The first kappa shape index (κ1) is 18.2. The van der Waals surface area contributed by atoms with Crippen LogP contribution in [0.1, 0.15) is 50.6 Å². The van der Waals surface area contributed by atoms with Crippen molar-refractivity contribution in [2.75, 3.05) is 0 Å². The van der Waals surface area contributed by atoms with Crippen LogP contribution in [0.15, 0.2) is 24.3 Å². The van der Waals surface area contributed by atoms with Gasteiger partial charge in [0.05, 0.1) is 11.5 Å². The van der Waals surface area contributed by atoms with Gasteiger partial charge in [-0.2, -0.15) is 8.78 Å². The fourth-order valence-electron chi connectivity index (χ4n) is 2.99. The molecule has 5 nitrogen and oxygen atoms in total. The van der Waals surface area contributed by atoms with E-state index in [1.165, 1.54) is 6.07 Å². The molecule has 1 saturated carbocycles. The normalized spacial score (nSPS) is 17.0. The van der Waals surface area contributed by atoms with Crippen LogP contribution < -0.4 is 10.1 Å². The molecule has 0 bridgehead atoms. The predicted octanol–water partition coefficient (Wildman–Crippen LogP) is 3.50. The Morgan fingerprint density at radius 2 is 2.00 bits per heavy atom. The third-order valence-corrected chi connectivity index (χ3v) is 4.52. The van der Waals surface area contributed by atoms with Gasteiger partial charge in [-0.15, -0.1) is 0 Å². The summed E-state index contributed by atoms with van der Waals surface area (Å²) in [6.45, 7) is -1.15. The van der Waals surface area contributed by atoms with Crippen molar-refractivity contribution >= 4 is 11.9 Å². The van der Waals surface area contributed by atoms with Gasteiger partial charge < -0.3 is 15.2 Å². The lowest BCUT2D eigenvalue weighted by Gasteiger charge is -2.37. The minimum absolute atomic E-state index is 0.0104. The zero-order valence-corrected chi connectivity index (χ0v) is 13.4. The lowest BCUT2D eigenvalue weighted by atomic mass is 9.66. The van der Waals surface area contributed by atoms with E-state index in [9.17, 15) is 23.5 Å². The zero-order chi connectivity index (χ0) is 17.7. The molecule has 7 heteroatoms.